The Labute approximate surface area is 116 Å². The van der Waals surface area contributed by atoms with E-state index in [9.17, 15) is 0 Å². The third-order valence-corrected chi connectivity index (χ3v) is 3.57. The van der Waals surface area contributed by atoms with Gasteiger partial charge in [0, 0.05) is 7.05 Å². The van der Waals surface area contributed by atoms with E-state index in [1.165, 1.54) is 11.1 Å². The van der Waals surface area contributed by atoms with Gasteiger partial charge in [0.15, 0.2) is 4.60 Å². The van der Waals surface area contributed by atoms with Crippen LogP contribution in [0.2, 0.25) is 0 Å². The summed E-state index contributed by atoms with van der Waals surface area (Å²) in [6, 6.07) is 8.48. The maximum atomic E-state index is 4.06. The number of rotatable bonds is 4. The van der Waals surface area contributed by atoms with Gasteiger partial charge in [0.05, 0.1) is 11.7 Å². The highest BCUT2D eigenvalue weighted by molar-refractivity contribution is 9.10. The van der Waals surface area contributed by atoms with Crippen molar-refractivity contribution in [2.75, 3.05) is 6.54 Å². The third-order valence-electron chi connectivity index (χ3n) is 3.01. The summed E-state index contributed by atoms with van der Waals surface area (Å²) in [5.74, 6) is 0. The summed E-state index contributed by atoms with van der Waals surface area (Å²) in [6.45, 7) is 5.11. The molecule has 1 N–H and O–H groups in total. The predicted octanol–water partition coefficient (Wildman–Crippen LogP) is 2.58. The molecule has 5 heteroatoms. The predicted molar refractivity (Wildman–Crippen MR) is 75.4 cm³/mol. The van der Waals surface area contributed by atoms with E-state index in [0.29, 0.717) is 0 Å². The molecule has 0 aliphatic heterocycles. The van der Waals surface area contributed by atoms with E-state index in [4.69, 9.17) is 0 Å². The molecule has 1 heterocycles. The van der Waals surface area contributed by atoms with Crippen molar-refractivity contribution in [2.45, 2.75) is 19.9 Å². The Bertz CT molecular complexity index is 516. The number of benzene rings is 1. The number of hydrogen-bond donors (Lipinski definition) is 1. The van der Waals surface area contributed by atoms with Crippen LogP contribution in [0.4, 0.5) is 0 Å². The summed E-state index contributed by atoms with van der Waals surface area (Å²) in [5.41, 5.74) is 3.56. The van der Waals surface area contributed by atoms with Gasteiger partial charge < -0.3 is 5.32 Å². The van der Waals surface area contributed by atoms with Gasteiger partial charge in [-0.2, -0.15) is 0 Å². The Balaban J connectivity index is 2.50. The molecule has 18 heavy (non-hydrogen) atoms. The topological polar surface area (TPSA) is 42.7 Å². The Hall–Kier alpha value is -1.20. The zero-order chi connectivity index (χ0) is 13.1. The van der Waals surface area contributed by atoms with Crippen LogP contribution in [0.25, 0.3) is 0 Å². The van der Waals surface area contributed by atoms with Crippen LogP contribution in [0, 0.1) is 6.92 Å². The van der Waals surface area contributed by atoms with Gasteiger partial charge in [-0.1, -0.05) is 36.4 Å². The van der Waals surface area contributed by atoms with Crippen LogP contribution < -0.4 is 5.32 Å². The fourth-order valence-electron chi connectivity index (χ4n) is 2.11. The van der Waals surface area contributed by atoms with E-state index >= 15 is 0 Å². The molecule has 1 unspecified atom stereocenters. The molecule has 1 aromatic carbocycles. The SMILES string of the molecule is CCNC(c1ccccc1C)c1c(Br)nnn1C. The van der Waals surface area contributed by atoms with Crippen LogP contribution in [0.15, 0.2) is 28.9 Å². The average molecular weight is 309 g/mol. The number of aromatic nitrogens is 3. The lowest BCUT2D eigenvalue weighted by Gasteiger charge is -2.20. The average Bonchev–Trinajstić information content (AvgIpc) is 2.68. The molecule has 96 valence electrons. The number of aryl methyl sites for hydroxylation is 2. The Kier molecular flexibility index (Phi) is 4.14. The summed E-state index contributed by atoms with van der Waals surface area (Å²) >= 11 is 3.48. The maximum Gasteiger partial charge on any atom is 0.153 e. The van der Waals surface area contributed by atoms with E-state index in [1.54, 1.807) is 0 Å². The molecule has 0 saturated heterocycles. The zero-order valence-corrected chi connectivity index (χ0v) is 12.4. The Morgan fingerprint density at radius 2 is 2.11 bits per heavy atom. The van der Waals surface area contributed by atoms with Crippen molar-refractivity contribution in [3.05, 3.63) is 45.7 Å². The minimum absolute atomic E-state index is 0.102. The quantitative estimate of drug-likeness (QED) is 0.944. The maximum absolute atomic E-state index is 4.06. The molecule has 0 aliphatic carbocycles. The number of nitrogens with one attached hydrogen (secondary N) is 1. The highest BCUT2D eigenvalue weighted by Gasteiger charge is 2.22. The summed E-state index contributed by atoms with van der Waals surface area (Å²) < 4.78 is 2.60. The normalized spacial score (nSPS) is 12.7. The summed E-state index contributed by atoms with van der Waals surface area (Å²) in [5, 5.41) is 11.6. The highest BCUT2D eigenvalue weighted by atomic mass is 79.9. The van der Waals surface area contributed by atoms with Gasteiger partial charge >= 0.3 is 0 Å². The lowest BCUT2D eigenvalue weighted by atomic mass is 9.99. The molecule has 4 nitrogen and oxygen atoms in total. The van der Waals surface area contributed by atoms with Gasteiger partial charge in [-0.3, -0.25) is 0 Å². The van der Waals surface area contributed by atoms with E-state index in [2.05, 4.69) is 69.7 Å². The second-order valence-corrected chi connectivity index (χ2v) is 4.99. The molecule has 2 rings (SSSR count). The van der Waals surface area contributed by atoms with Crippen molar-refractivity contribution in [1.82, 2.24) is 20.3 Å². The van der Waals surface area contributed by atoms with Crippen LogP contribution in [-0.4, -0.2) is 21.5 Å². The molecule has 0 fully saturated rings. The molecule has 2 aromatic rings. The molecular formula is C13H17BrN4. The van der Waals surface area contributed by atoms with Crippen LogP contribution in [0.5, 0.6) is 0 Å². The summed E-state index contributed by atoms with van der Waals surface area (Å²) in [4.78, 5) is 0. The van der Waals surface area contributed by atoms with Gasteiger partial charge in [0.25, 0.3) is 0 Å². The fraction of sp³-hybridized carbons (Fsp3) is 0.385. The smallest absolute Gasteiger partial charge is 0.153 e. The van der Waals surface area contributed by atoms with E-state index in [0.717, 1.165) is 16.8 Å². The van der Waals surface area contributed by atoms with Crippen molar-refractivity contribution in [1.29, 1.82) is 0 Å². The fourth-order valence-corrected chi connectivity index (χ4v) is 2.67. The van der Waals surface area contributed by atoms with Gasteiger partial charge in [-0.05, 0) is 40.5 Å². The molecule has 0 amide bonds. The van der Waals surface area contributed by atoms with Crippen molar-refractivity contribution in [3.8, 4) is 0 Å². The minimum Gasteiger partial charge on any atom is -0.305 e. The molecule has 0 spiro atoms. The molecule has 1 aromatic heterocycles. The van der Waals surface area contributed by atoms with Crippen molar-refractivity contribution in [3.63, 3.8) is 0 Å². The third kappa shape index (κ3) is 2.47. The number of halogens is 1. The first-order chi connectivity index (χ1) is 8.65. The molecule has 0 saturated carbocycles. The lowest BCUT2D eigenvalue weighted by Crippen LogP contribution is -2.25. The lowest BCUT2D eigenvalue weighted by molar-refractivity contribution is 0.565. The van der Waals surface area contributed by atoms with E-state index in [-0.39, 0.29) is 6.04 Å². The van der Waals surface area contributed by atoms with Crippen LogP contribution in [0.1, 0.15) is 29.8 Å². The first-order valence-corrected chi connectivity index (χ1v) is 6.78. The van der Waals surface area contributed by atoms with Crippen LogP contribution in [-0.2, 0) is 7.05 Å². The van der Waals surface area contributed by atoms with Crippen molar-refractivity contribution in [2.24, 2.45) is 7.05 Å². The van der Waals surface area contributed by atoms with Crippen LogP contribution in [0.3, 0.4) is 0 Å². The minimum atomic E-state index is 0.102. The van der Waals surface area contributed by atoms with Crippen molar-refractivity contribution < 1.29 is 0 Å². The highest BCUT2D eigenvalue weighted by Crippen LogP contribution is 2.28. The van der Waals surface area contributed by atoms with Gasteiger partial charge in [-0.25, -0.2) is 4.68 Å². The second kappa shape index (κ2) is 5.63. The van der Waals surface area contributed by atoms with Gasteiger partial charge in [0.1, 0.15) is 0 Å². The second-order valence-electron chi connectivity index (χ2n) is 4.24. The Morgan fingerprint density at radius 3 is 2.67 bits per heavy atom. The van der Waals surface area contributed by atoms with Crippen molar-refractivity contribution >= 4 is 15.9 Å². The summed E-state index contributed by atoms with van der Waals surface area (Å²) in [6.07, 6.45) is 0. The van der Waals surface area contributed by atoms with Crippen LogP contribution >= 0.6 is 15.9 Å². The van der Waals surface area contributed by atoms with Gasteiger partial charge in [-0.15, -0.1) is 5.10 Å². The van der Waals surface area contributed by atoms with Gasteiger partial charge in [0.2, 0.25) is 0 Å². The largest absolute Gasteiger partial charge is 0.305 e. The molecule has 0 radical (unpaired) electrons. The summed E-state index contributed by atoms with van der Waals surface area (Å²) in [7, 11) is 1.91. The van der Waals surface area contributed by atoms with E-state index in [1.807, 2.05) is 11.7 Å². The molecule has 0 aliphatic rings. The molecule has 1 atom stereocenters. The van der Waals surface area contributed by atoms with E-state index < -0.39 is 0 Å². The number of hydrogen-bond acceptors (Lipinski definition) is 3. The number of nitrogens with zero attached hydrogens (tertiary/aromatic N) is 3. The standard InChI is InChI=1S/C13H17BrN4/c1-4-15-11(10-8-6-5-7-9(10)2)12-13(14)16-17-18(12)3/h5-8,11,15H,4H2,1-3H3. The zero-order valence-electron chi connectivity index (χ0n) is 10.8. The Morgan fingerprint density at radius 1 is 1.39 bits per heavy atom. The molecular weight excluding hydrogens is 292 g/mol. The monoisotopic (exact) mass is 308 g/mol. The first-order valence-electron chi connectivity index (χ1n) is 5.99. The first kappa shape index (κ1) is 13.2. The molecule has 0 bridgehead atoms.